The van der Waals surface area contributed by atoms with Gasteiger partial charge in [0.15, 0.2) is 0 Å². The van der Waals surface area contributed by atoms with Crippen LogP contribution in [0.25, 0.3) is 6.08 Å². The van der Waals surface area contributed by atoms with E-state index >= 15 is 0 Å². The number of hydrogen-bond acceptors (Lipinski definition) is 2. The van der Waals surface area contributed by atoms with E-state index in [2.05, 4.69) is 16.5 Å². The van der Waals surface area contributed by atoms with Gasteiger partial charge in [0.05, 0.1) is 24.3 Å². The van der Waals surface area contributed by atoms with Crippen molar-refractivity contribution >= 4 is 6.08 Å². The van der Waals surface area contributed by atoms with Crippen LogP contribution >= 0.6 is 0 Å². The van der Waals surface area contributed by atoms with E-state index in [9.17, 15) is 0 Å². The van der Waals surface area contributed by atoms with E-state index in [1.807, 2.05) is 26.0 Å². The SMILES string of the molecule is C=C(/C=C/c1cnc[nH]1)OC(C)C. The summed E-state index contributed by atoms with van der Waals surface area (Å²) in [7, 11) is 0. The van der Waals surface area contributed by atoms with Gasteiger partial charge in [-0.2, -0.15) is 0 Å². The maximum atomic E-state index is 5.33. The molecule has 0 radical (unpaired) electrons. The number of imidazole rings is 1. The van der Waals surface area contributed by atoms with E-state index < -0.39 is 0 Å². The van der Waals surface area contributed by atoms with Crippen LogP contribution in [0, 0.1) is 0 Å². The smallest absolute Gasteiger partial charge is 0.112 e. The molecule has 70 valence electrons. The second kappa shape index (κ2) is 4.50. The quantitative estimate of drug-likeness (QED) is 0.567. The molecule has 0 bridgehead atoms. The molecule has 0 atom stereocenters. The van der Waals surface area contributed by atoms with E-state index in [0.29, 0.717) is 5.76 Å². The first-order valence-corrected chi connectivity index (χ1v) is 4.20. The van der Waals surface area contributed by atoms with Crippen LogP contribution in [0.4, 0.5) is 0 Å². The van der Waals surface area contributed by atoms with E-state index in [-0.39, 0.29) is 6.10 Å². The molecule has 0 aliphatic rings. The molecule has 3 nitrogen and oxygen atoms in total. The molecule has 0 aliphatic heterocycles. The summed E-state index contributed by atoms with van der Waals surface area (Å²) in [5, 5.41) is 0. The zero-order valence-electron chi connectivity index (χ0n) is 7.95. The van der Waals surface area contributed by atoms with Gasteiger partial charge in [0.1, 0.15) is 5.76 Å². The van der Waals surface area contributed by atoms with Crippen LogP contribution in [0.15, 0.2) is 30.9 Å². The van der Waals surface area contributed by atoms with E-state index in [1.54, 1.807) is 12.5 Å². The molecule has 0 unspecified atom stereocenters. The lowest BCUT2D eigenvalue weighted by atomic mass is 10.4. The fourth-order valence-electron chi connectivity index (χ4n) is 0.883. The second-order valence-corrected chi connectivity index (χ2v) is 2.97. The van der Waals surface area contributed by atoms with Crippen LogP contribution in [-0.2, 0) is 4.74 Å². The summed E-state index contributed by atoms with van der Waals surface area (Å²) in [6, 6.07) is 0. The monoisotopic (exact) mass is 178 g/mol. The molecule has 1 rings (SSSR count). The van der Waals surface area contributed by atoms with Gasteiger partial charge in [0, 0.05) is 0 Å². The Kier molecular flexibility index (Phi) is 3.31. The van der Waals surface area contributed by atoms with Crippen LogP contribution in [0.2, 0.25) is 0 Å². The average Bonchev–Trinajstić information content (AvgIpc) is 2.51. The Morgan fingerprint density at radius 2 is 2.46 bits per heavy atom. The summed E-state index contributed by atoms with van der Waals surface area (Å²) < 4.78 is 5.33. The number of H-pyrrole nitrogens is 1. The first-order valence-electron chi connectivity index (χ1n) is 4.20. The highest BCUT2D eigenvalue weighted by Crippen LogP contribution is 2.04. The van der Waals surface area contributed by atoms with Gasteiger partial charge < -0.3 is 9.72 Å². The highest BCUT2D eigenvalue weighted by atomic mass is 16.5. The number of ether oxygens (including phenoxy) is 1. The fourth-order valence-corrected chi connectivity index (χ4v) is 0.883. The maximum absolute atomic E-state index is 5.33. The largest absolute Gasteiger partial charge is 0.492 e. The molecule has 0 aliphatic carbocycles. The molecule has 3 heteroatoms. The third kappa shape index (κ3) is 3.60. The third-order valence-corrected chi connectivity index (χ3v) is 1.36. The Bertz CT molecular complexity index is 286. The van der Waals surface area contributed by atoms with E-state index in [0.717, 1.165) is 5.69 Å². The van der Waals surface area contributed by atoms with Crippen LogP contribution in [0.1, 0.15) is 19.5 Å². The Balaban J connectivity index is 2.44. The van der Waals surface area contributed by atoms with Gasteiger partial charge in [0.2, 0.25) is 0 Å². The van der Waals surface area contributed by atoms with Gasteiger partial charge in [-0.1, -0.05) is 6.58 Å². The van der Waals surface area contributed by atoms with E-state index in [4.69, 9.17) is 4.74 Å². The number of aromatic amines is 1. The van der Waals surface area contributed by atoms with Gasteiger partial charge in [-0.25, -0.2) is 4.98 Å². The first kappa shape index (κ1) is 9.58. The zero-order chi connectivity index (χ0) is 9.68. The lowest BCUT2D eigenvalue weighted by Crippen LogP contribution is -1.99. The Labute approximate surface area is 78.1 Å². The number of nitrogens with zero attached hydrogens (tertiary/aromatic N) is 1. The highest BCUT2D eigenvalue weighted by Gasteiger charge is 1.93. The lowest BCUT2D eigenvalue weighted by Gasteiger charge is -2.07. The lowest BCUT2D eigenvalue weighted by molar-refractivity contribution is 0.159. The summed E-state index contributed by atoms with van der Waals surface area (Å²) in [6.07, 6.45) is 7.22. The summed E-state index contributed by atoms with van der Waals surface area (Å²) in [6.45, 7) is 7.69. The topological polar surface area (TPSA) is 37.9 Å². The summed E-state index contributed by atoms with van der Waals surface area (Å²) in [5.41, 5.74) is 0.938. The minimum Gasteiger partial charge on any atom is -0.492 e. The summed E-state index contributed by atoms with van der Waals surface area (Å²) in [5.74, 6) is 0.657. The van der Waals surface area contributed by atoms with Gasteiger partial charge in [-0.3, -0.25) is 0 Å². The number of aromatic nitrogens is 2. The first-order chi connectivity index (χ1) is 6.18. The van der Waals surface area contributed by atoms with Gasteiger partial charge in [-0.15, -0.1) is 0 Å². The number of hydrogen-bond donors (Lipinski definition) is 1. The molecule has 13 heavy (non-hydrogen) atoms. The van der Waals surface area contributed by atoms with Crippen molar-refractivity contribution in [3.8, 4) is 0 Å². The van der Waals surface area contributed by atoms with Crippen molar-refractivity contribution in [3.63, 3.8) is 0 Å². The van der Waals surface area contributed by atoms with Gasteiger partial charge in [-0.05, 0) is 26.0 Å². The molecule has 1 heterocycles. The molecule has 0 aromatic carbocycles. The molecule has 1 aromatic heterocycles. The predicted octanol–water partition coefficient (Wildman–Crippen LogP) is 2.36. The third-order valence-electron chi connectivity index (χ3n) is 1.36. The molecule has 0 amide bonds. The van der Waals surface area contributed by atoms with Crippen LogP contribution in [0.5, 0.6) is 0 Å². The molecule has 1 N–H and O–H groups in total. The number of rotatable bonds is 4. The standard InChI is InChI=1S/C10H14N2O/c1-8(2)13-9(3)4-5-10-6-11-7-12-10/h4-8H,3H2,1-2H3,(H,11,12)/b5-4+. The second-order valence-electron chi connectivity index (χ2n) is 2.97. The van der Waals surface area contributed by atoms with Crippen molar-refractivity contribution in [2.45, 2.75) is 20.0 Å². The van der Waals surface area contributed by atoms with Crippen molar-refractivity contribution in [3.05, 3.63) is 36.6 Å². The van der Waals surface area contributed by atoms with Gasteiger partial charge in [0.25, 0.3) is 0 Å². The number of nitrogens with one attached hydrogen (secondary N) is 1. The molecule has 0 fully saturated rings. The Hall–Kier alpha value is -1.51. The van der Waals surface area contributed by atoms with Crippen molar-refractivity contribution < 1.29 is 4.74 Å². The van der Waals surface area contributed by atoms with E-state index in [1.165, 1.54) is 0 Å². The normalized spacial score (nSPS) is 11.0. The predicted molar refractivity (Wildman–Crippen MR) is 53.0 cm³/mol. The van der Waals surface area contributed by atoms with Crippen LogP contribution in [0.3, 0.4) is 0 Å². The zero-order valence-corrected chi connectivity index (χ0v) is 7.95. The van der Waals surface area contributed by atoms with Gasteiger partial charge >= 0.3 is 0 Å². The number of allylic oxidation sites excluding steroid dienone is 1. The Morgan fingerprint density at radius 3 is 3.00 bits per heavy atom. The fraction of sp³-hybridized carbons (Fsp3) is 0.300. The summed E-state index contributed by atoms with van der Waals surface area (Å²) in [4.78, 5) is 6.84. The van der Waals surface area contributed by atoms with Crippen LogP contribution < -0.4 is 0 Å². The van der Waals surface area contributed by atoms with Crippen molar-refractivity contribution in [2.75, 3.05) is 0 Å². The molecular formula is C10H14N2O. The molecule has 0 saturated carbocycles. The van der Waals surface area contributed by atoms with Crippen molar-refractivity contribution in [2.24, 2.45) is 0 Å². The van der Waals surface area contributed by atoms with Crippen molar-refractivity contribution in [1.29, 1.82) is 0 Å². The van der Waals surface area contributed by atoms with Crippen LogP contribution in [-0.4, -0.2) is 16.1 Å². The highest BCUT2D eigenvalue weighted by molar-refractivity contribution is 5.46. The average molecular weight is 178 g/mol. The minimum atomic E-state index is 0.166. The summed E-state index contributed by atoms with van der Waals surface area (Å²) >= 11 is 0. The van der Waals surface area contributed by atoms with Crippen molar-refractivity contribution in [1.82, 2.24) is 9.97 Å². The molecule has 1 aromatic rings. The maximum Gasteiger partial charge on any atom is 0.112 e. The Morgan fingerprint density at radius 1 is 1.69 bits per heavy atom. The molecule has 0 saturated heterocycles. The molecule has 0 spiro atoms. The molecular weight excluding hydrogens is 164 g/mol. The minimum absolute atomic E-state index is 0.166.